The maximum absolute atomic E-state index is 12.8. The van der Waals surface area contributed by atoms with Gasteiger partial charge in [0.1, 0.15) is 5.54 Å². The first-order valence-corrected chi connectivity index (χ1v) is 9.70. The summed E-state index contributed by atoms with van der Waals surface area (Å²) in [5.41, 5.74) is 0.387. The van der Waals surface area contributed by atoms with Gasteiger partial charge in [-0.3, -0.25) is 14.3 Å². The van der Waals surface area contributed by atoms with E-state index in [1.165, 1.54) is 18.9 Å². The van der Waals surface area contributed by atoms with Crippen molar-refractivity contribution in [2.45, 2.75) is 50.7 Å². The molecule has 1 aliphatic carbocycles. The van der Waals surface area contributed by atoms with E-state index in [0.29, 0.717) is 32.2 Å². The topological polar surface area (TPSA) is 76.5 Å². The number of carbonyl (C=O) groups excluding carboxylic acids is 2. The molecule has 1 aromatic heterocycles. The number of aromatic nitrogens is 2. The highest BCUT2D eigenvalue weighted by molar-refractivity contribution is 5.87. The number of carbonyl (C=O) groups is 2. The summed E-state index contributed by atoms with van der Waals surface area (Å²) >= 11 is 0. The lowest BCUT2D eigenvalue weighted by Crippen LogP contribution is -2.58. The van der Waals surface area contributed by atoms with Crippen LogP contribution in [0.1, 0.15) is 44.7 Å². The summed E-state index contributed by atoms with van der Waals surface area (Å²) in [5, 5.41) is 7.63. The Bertz CT molecular complexity index is 759. The van der Waals surface area contributed by atoms with Crippen LogP contribution < -0.4 is 5.32 Å². The Morgan fingerprint density at radius 1 is 1.44 bits per heavy atom. The van der Waals surface area contributed by atoms with Crippen molar-refractivity contribution in [1.29, 1.82) is 0 Å². The zero-order valence-corrected chi connectivity index (χ0v) is 16.1. The standard InChI is InChI=1S/C20H28N4O3/c1-4-17(25)23-11-20(12-23)9-15(27-13-20)10-21-18(26)19(2,3)24-8-7-16(22-24)14-5-6-14/h4,7-8,14-15H,1,5-6,9-13H2,2-3H3,(H,21,26). The van der Waals surface area contributed by atoms with E-state index in [1.54, 1.807) is 9.58 Å². The highest BCUT2D eigenvalue weighted by atomic mass is 16.5. The number of hydrogen-bond donors (Lipinski definition) is 1. The lowest BCUT2D eigenvalue weighted by atomic mass is 9.77. The number of nitrogens with zero attached hydrogens (tertiary/aromatic N) is 3. The van der Waals surface area contributed by atoms with Gasteiger partial charge in [0.05, 0.1) is 18.4 Å². The van der Waals surface area contributed by atoms with Crippen LogP contribution in [0, 0.1) is 5.41 Å². The van der Waals surface area contributed by atoms with E-state index >= 15 is 0 Å². The lowest BCUT2D eigenvalue weighted by molar-refractivity contribution is -0.137. The van der Waals surface area contributed by atoms with Gasteiger partial charge in [-0.05, 0) is 45.3 Å². The largest absolute Gasteiger partial charge is 0.376 e. The fourth-order valence-electron chi connectivity index (χ4n) is 4.07. The van der Waals surface area contributed by atoms with Gasteiger partial charge in [-0.2, -0.15) is 5.10 Å². The summed E-state index contributed by atoms with van der Waals surface area (Å²) in [6.45, 7) is 9.84. The molecule has 2 amide bonds. The number of ether oxygens (including phenoxy) is 1. The lowest BCUT2D eigenvalue weighted by Gasteiger charge is -2.46. The average Bonchev–Trinajstić information content (AvgIpc) is 3.19. The second-order valence-corrected chi connectivity index (χ2v) is 8.76. The maximum Gasteiger partial charge on any atom is 0.247 e. The first-order valence-electron chi connectivity index (χ1n) is 9.70. The van der Waals surface area contributed by atoms with E-state index in [0.717, 1.165) is 12.1 Å². The second kappa shape index (κ2) is 6.48. The van der Waals surface area contributed by atoms with Crippen molar-refractivity contribution in [3.8, 4) is 0 Å². The van der Waals surface area contributed by atoms with Crippen molar-refractivity contribution >= 4 is 11.8 Å². The molecule has 1 aromatic rings. The number of nitrogens with one attached hydrogen (secondary N) is 1. The van der Waals surface area contributed by atoms with Crippen molar-refractivity contribution in [3.05, 3.63) is 30.6 Å². The number of hydrogen-bond acceptors (Lipinski definition) is 4. The number of amides is 2. The first kappa shape index (κ1) is 18.2. The third-order valence-electron chi connectivity index (χ3n) is 6.05. The fraction of sp³-hybridized carbons (Fsp3) is 0.650. The Morgan fingerprint density at radius 2 is 2.19 bits per heavy atom. The molecule has 1 N–H and O–H groups in total. The molecular formula is C20H28N4O3. The smallest absolute Gasteiger partial charge is 0.247 e. The predicted octanol–water partition coefficient (Wildman–Crippen LogP) is 1.42. The Morgan fingerprint density at radius 3 is 2.85 bits per heavy atom. The van der Waals surface area contributed by atoms with Crippen LogP contribution in [0.5, 0.6) is 0 Å². The first-order chi connectivity index (χ1) is 12.8. The molecule has 0 radical (unpaired) electrons. The summed E-state index contributed by atoms with van der Waals surface area (Å²) in [4.78, 5) is 26.2. The Labute approximate surface area is 159 Å². The monoisotopic (exact) mass is 372 g/mol. The summed E-state index contributed by atoms with van der Waals surface area (Å²) in [5.74, 6) is 0.488. The van der Waals surface area contributed by atoms with Crippen LogP contribution in [0.2, 0.25) is 0 Å². The van der Waals surface area contributed by atoms with Crippen molar-refractivity contribution in [3.63, 3.8) is 0 Å². The summed E-state index contributed by atoms with van der Waals surface area (Å²) < 4.78 is 7.65. The minimum absolute atomic E-state index is 0.00891. The number of rotatable bonds is 6. The van der Waals surface area contributed by atoms with Crippen LogP contribution in [0.15, 0.2) is 24.9 Å². The third-order valence-corrected chi connectivity index (χ3v) is 6.05. The Balaban J connectivity index is 1.28. The molecule has 27 heavy (non-hydrogen) atoms. The summed E-state index contributed by atoms with van der Waals surface area (Å²) in [6, 6.07) is 2.02. The van der Waals surface area contributed by atoms with Crippen LogP contribution >= 0.6 is 0 Å². The molecule has 146 valence electrons. The zero-order chi connectivity index (χ0) is 19.2. The molecule has 2 saturated heterocycles. The molecule has 4 rings (SSSR count). The van der Waals surface area contributed by atoms with E-state index in [-0.39, 0.29) is 23.3 Å². The van der Waals surface area contributed by atoms with Crippen LogP contribution in [-0.4, -0.2) is 58.8 Å². The van der Waals surface area contributed by atoms with Crippen LogP contribution in [0.3, 0.4) is 0 Å². The van der Waals surface area contributed by atoms with Gasteiger partial charge in [-0.15, -0.1) is 0 Å². The maximum atomic E-state index is 12.8. The molecule has 2 aliphatic heterocycles. The van der Waals surface area contributed by atoms with Gasteiger partial charge in [-0.25, -0.2) is 0 Å². The van der Waals surface area contributed by atoms with E-state index < -0.39 is 5.54 Å². The average molecular weight is 372 g/mol. The predicted molar refractivity (Wildman–Crippen MR) is 100 cm³/mol. The van der Waals surface area contributed by atoms with Crippen molar-refractivity contribution in [2.24, 2.45) is 5.41 Å². The van der Waals surface area contributed by atoms with Gasteiger partial charge in [-0.1, -0.05) is 6.58 Å². The number of likely N-dealkylation sites (tertiary alicyclic amines) is 1. The van der Waals surface area contributed by atoms with E-state index in [4.69, 9.17) is 4.74 Å². The molecule has 3 fully saturated rings. The van der Waals surface area contributed by atoms with E-state index in [2.05, 4.69) is 17.0 Å². The van der Waals surface area contributed by atoms with Crippen molar-refractivity contribution < 1.29 is 14.3 Å². The molecule has 3 heterocycles. The van der Waals surface area contributed by atoms with Gasteiger partial charge >= 0.3 is 0 Å². The van der Waals surface area contributed by atoms with Crippen molar-refractivity contribution in [2.75, 3.05) is 26.2 Å². The van der Waals surface area contributed by atoms with E-state index in [9.17, 15) is 9.59 Å². The molecule has 7 nitrogen and oxygen atoms in total. The molecular weight excluding hydrogens is 344 g/mol. The summed E-state index contributed by atoms with van der Waals surface area (Å²) in [6.07, 6.45) is 6.49. The SMILES string of the molecule is C=CC(=O)N1CC2(COC(CNC(=O)C(C)(C)n3ccc(C4CC4)n3)C2)C1. The zero-order valence-electron chi connectivity index (χ0n) is 16.1. The minimum atomic E-state index is -0.743. The minimum Gasteiger partial charge on any atom is -0.376 e. The molecule has 0 aromatic carbocycles. The molecule has 1 spiro atoms. The van der Waals surface area contributed by atoms with Gasteiger partial charge in [0.25, 0.3) is 0 Å². The van der Waals surface area contributed by atoms with E-state index in [1.807, 2.05) is 26.1 Å². The molecule has 1 saturated carbocycles. The molecule has 7 heteroatoms. The molecule has 3 aliphatic rings. The van der Waals surface area contributed by atoms with Gasteiger partial charge in [0.15, 0.2) is 0 Å². The van der Waals surface area contributed by atoms with Gasteiger partial charge in [0.2, 0.25) is 11.8 Å². The van der Waals surface area contributed by atoms with Crippen LogP contribution in [0.4, 0.5) is 0 Å². The molecule has 0 bridgehead atoms. The Kier molecular flexibility index (Phi) is 4.37. The Hall–Kier alpha value is -2.15. The van der Waals surface area contributed by atoms with Crippen molar-refractivity contribution in [1.82, 2.24) is 20.0 Å². The summed E-state index contributed by atoms with van der Waals surface area (Å²) in [7, 11) is 0. The van der Waals surface area contributed by atoms with Crippen LogP contribution in [0.25, 0.3) is 0 Å². The highest BCUT2D eigenvalue weighted by Crippen LogP contribution is 2.41. The quantitative estimate of drug-likeness (QED) is 0.766. The van der Waals surface area contributed by atoms with Gasteiger partial charge < -0.3 is 15.0 Å². The van der Waals surface area contributed by atoms with Gasteiger partial charge in [0, 0.05) is 37.2 Å². The third kappa shape index (κ3) is 3.40. The highest BCUT2D eigenvalue weighted by Gasteiger charge is 2.50. The second-order valence-electron chi connectivity index (χ2n) is 8.76. The molecule has 1 unspecified atom stereocenters. The fourth-order valence-corrected chi connectivity index (χ4v) is 4.07. The normalized spacial score (nSPS) is 23.9. The van der Waals surface area contributed by atoms with Crippen LogP contribution in [-0.2, 0) is 19.9 Å². The molecule has 1 atom stereocenters.